The molecule has 1 aliphatic rings. The molecule has 2 aromatic carbocycles. The van der Waals surface area contributed by atoms with Gasteiger partial charge in [-0.1, -0.05) is 53.5 Å². The maximum absolute atomic E-state index is 12.3. The molecule has 3 nitrogen and oxygen atoms in total. The monoisotopic (exact) mass is 363 g/mol. The third-order valence-electron chi connectivity index (χ3n) is 4.21. The predicted molar refractivity (Wildman–Crippen MR) is 96.6 cm³/mol. The molecule has 0 aromatic heterocycles. The highest BCUT2D eigenvalue weighted by Crippen LogP contribution is 2.24. The summed E-state index contributed by atoms with van der Waals surface area (Å²) in [5, 5.41) is 0.833. The van der Waals surface area contributed by atoms with Crippen LogP contribution in [-0.2, 0) is 11.3 Å². The van der Waals surface area contributed by atoms with Crippen molar-refractivity contribution in [1.29, 1.82) is 0 Å². The minimum absolute atomic E-state index is 0.0590. The van der Waals surface area contributed by atoms with Gasteiger partial charge in [-0.15, -0.1) is 0 Å². The first kappa shape index (κ1) is 17.3. The molecule has 0 atom stereocenters. The summed E-state index contributed by atoms with van der Waals surface area (Å²) in [6.07, 6.45) is 1.62. The second-order valence-electron chi connectivity index (χ2n) is 5.99. The molecule has 1 aliphatic heterocycles. The van der Waals surface area contributed by atoms with Crippen molar-refractivity contribution in [3.63, 3.8) is 0 Å². The highest BCUT2D eigenvalue weighted by molar-refractivity contribution is 6.36. The van der Waals surface area contributed by atoms with E-state index >= 15 is 0 Å². The summed E-state index contributed by atoms with van der Waals surface area (Å²) < 4.78 is 5.60. The standard InChI is InChI=1S/C19H19Cl2NO2/c20-15-6-7-17(18(21)12-15)19(23)24-16-8-10-22(11-9-16)13-14-4-2-1-3-5-14/h1-7,12,16H,8-11,13H2. The molecule has 1 fully saturated rings. The van der Waals surface area contributed by atoms with Crippen molar-refractivity contribution in [2.75, 3.05) is 13.1 Å². The lowest BCUT2D eigenvalue weighted by molar-refractivity contribution is 0.0104. The van der Waals surface area contributed by atoms with Crippen molar-refractivity contribution >= 4 is 29.2 Å². The Kier molecular flexibility index (Phi) is 5.77. The summed E-state index contributed by atoms with van der Waals surface area (Å²) >= 11 is 11.9. The van der Waals surface area contributed by atoms with Gasteiger partial charge in [0, 0.05) is 24.7 Å². The Morgan fingerprint density at radius 2 is 1.79 bits per heavy atom. The molecule has 0 N–H and O–H groups in total. The number of nitrogens with zero attached hydrogens (tertiary/aromatic N) is 1. The summed E-state index contributed by atoms with van der Waals surface area (Å²) in [4.78, 5) is 14.6. The molecule has 0 spiro atoms. The largest absolute Gasteiger partial charge is 0.459 e. The second-order valence-corrected chi connectivity index (χ2v) is 6.83. The Morgan fingerprint density at radius 3 is 2.46 bits per heavy atom. The van der Waals surface area contributed by atoms with Gasteiger partial charge in [0.2, 0.25) is 0 Å². The highest BCUT2D eigenvalue weighted by Gasteiger charge is 2.23. The Hall–Kier alpha value is -1.55. The molecule has 0 radical (unpaired) electrons. The molecule has 0 saturated carbocycles. The Bertz CT molecular complexity index is 698. The van der Waals surface area contributed by atoms with Crippen molar-refractivity contribution < 1.29 is 9.53 Å². The molecular weight excluding hydrogens is 345 g/mol. The summed E-state index contributed by atoms with van der Waals surface area (Å²) in [6, 6.07) is 15.2. The van der Waals surface area contributed by atoms with E-state index in [9.17, 15) is 4.79 Å². The average molecular weight is 364 g/mol. The molecule has 3 rings (SSSR count). The van der Waals surface area contributed by atoms with Crippen LogP contribution in [0.3, 0.4) is 0 Å². The van der Waals surface area contributed by atoms with Crippen LogP contribution in [-0.4, -0.2) is 30.1 Å². The summed E-state index contributed by atoms with van der Waals surface area (Å²) in [5.41, 5.74) is 1.67. The molecule has 1 saturated heterocycles. The van der Waals surface area contributed by atoms with Crippen molar-refractivity contribution in [2.45, 2.75) is 25.5 Å². The summed E-state index contributed by atoms with van der Waals surface area (Å²) in [6.45, 7) is 2.77. The highest BCUT2D eigenvalue weighted by atomic mass is 35.5. The van der Waals surface area contributed by atoms with E-state index in [1.165, 1.54) is 5.56 Å². The van der Waals surface area contributed by atoms with E-state index in [4.69, 9.17) is 27.9 Å². The molecule has 0 unspecified atom stereocenters. The lowest BCUT2D eigenvalue weighted by atomic mass is 10.1. The van der Waals surface area contributed by atoms with Crippen molar-refractivity contribution in [2.24, 2.45) is 0 Å². The maximum Gasteiger partial charge on any atom is 0.339 e. The lowest BCUT2D eigenvalue weighted by Crippen LogP contribution is -2.37. The SMILES string of the molecule is O=C(OC1CCN(Cc2ccccc2)CC1)c1ccc(Cl)cc1Cl. The third-order valence-corrected chi connectivity index (χ3v) is 4.76. The first-order valence-corrected chi connectivity index (χ1v) is 8.80. The van der Waals surface area contributed by atoms with E-state index < -0.39 is 0 Å². The van der Waals surface area contributed by atoms with Crippen LogP contribution in [0.5, 0.6) is 0 Å². The number of esters is 1. The van der Waals surface area contributed by atoms with Crippen molar-refractivity contribution in [1.82, 2.24) is 4.90 Å². The van der Waals surface area contributed by atoms with Crippen molar-refractivity contribution in [3.8, 4) is 0 Å². The zero-order valence-electron chi connectivity index (χ0n) is 13.3. The number of ether oxygens (including phenoxy) is 1. The van der Waals surface area contributed by atoms with Gasteiger partial charge in [-0.05, 0) is 36.6 Å². The fraction of sp³-hybridized carbons (Fsp3) is 0.316. The van der Waals surface area contributed by atoms with Crippen LogP contribution in [0.1, 0.15) is 28.8 Å². The van der Waals surface area contributed by atoms with Crippen LogP contribution in [0.25, 0.3) is 0 Å². The van der Waals surface area contributed by atoms with Gasteiger partial charge in [0.25, 0.3) is 0 Å². The van der Waals surface area contributed by atoms with E-state index in [-0.39, 0.29) is 12.1 Å². The van der Waals surface area contributed by atoms with Gasteiger partial charge in [-0.3, -0.25) is 4.90 Å². The van der Waals surface area contributed by atoms with E-state index in [2.05, 4.69) is 29.2 Å². The molecule has 0 bridgehead atoms. The van der Waals surface area contributed by atoms with Crippen molar-refractivity contribution in [3.05, 3.63) is 69.7 Å². The number of hydrogen-bond acceptors (Lipinski definition) is 3. The number of rotatable bonds is 4. The number of carbonyl (C=O) groups is 1. The first-order chi connectivity index (χ1) is 11.6. The zero-order valence-corrected chi connectivity index (χ0v) is 14.8. The zero-order chi connectivity index (χ0) is 16.9. The van der Waals surface area contributed by atoms with Crippen LogP contribution in [0.4, 0.5) is 0 Å². The van der Waals surface area contributed by atoms with Crippen LogP contribution in [0.2, 0.25) is 10.0 Å². The number of halogens is 2. The van der Waals surface area contributed by atoms with Crippen LogP contribution >= 0.6 is 23.2 Å². The molecular formula is C19H19Cl2NO2. The van der Waals surface area contributed by atoms with Crippen LogP contribution in [0, 0.1) is 0 Å². The molecule has 2 aromatic rings. The second kappa shape index (κ2) is 8.02. The van der Waals surface area contributed by atoms with Gasteiger partial charge >= 0.3 is 5.97 Å². The van der Waals surface area contributed by atoms with Gasteiger partial charge in [-0.2, -0.15) is 0 Å². The van der Waals surface area contributed by atoms with E-state index in [1.807, 2.05) is 6.07 Å². The van der Waals surface area contributed by atoms with Gasteiger partial charge < -0.3 is 4.74 Å². The molecule has 126 valence electrons. The Labute approximate surface area is 152 Å². The average Bonchev–Trinajstić information content (AvgIpc) is 2.57. The number of piperidine rings is 1. The Morgan fingerprint density at radius 1 is 1.08 bits per heavy atom. The van der Waals surface area contributed by atoms with Gasteiger partial charge in [-0.25, -0.2) is 4.79 Å². The first-order valence-electron chi connectivity index (χ1n) is 8.04. The number of carbonyl (C=O) groups excluding carboxylic acids is 1. The van der Waals surface area contributed by atoms with Gasteiger partial charge in [0.05, 0.1) is 10.6 Å². The minimum Gasteiger partial charge on any atom is -0.459 e. The molecule has 1 heterocycles. The Balaban J connectivity index is 1.51. The van der Waals surface area contributed by atoms with E-state index in [1.54, 1.807) is 18.2 Å². The van der Waals surface area contributed by atoms with Crippen LogP contribution < -0.4 is 0 Å². The number of hydrogen-bond donors (Lipinski definition) is 0. The predicted octanol–water partition coefficient (Wildman–Crippen LogP) is 4.81. The third kappa shape index (κ3) is 4.50. The topological polar surface area (TPSA) is 29.5 Å². The maximum atomic E-state index is 12.3. The minimum atomic E-state index is -0.377. The number of likely N-dealkylation sites (tertiary alicyclic amines) is 1. The van der Waals surface area contributed by atoms with Crippen LogP contribution in [0.15, 0.2) is 48.5 Å². The molecule has 5 heteroatoms. The number of benzene rings is 2. The van der Waals surface area contributed by atoms with E-state index in [0.717, 1.165) is 32.5 Å². The summed E-state index contributed by atoms with van der Waals surface area (Å²) in [5.74, 6) is -0.377. The van der Waals surface area contributed by atoms with Gasteiger partial charge in [0.15, 0.2) is 0 Å². The molecule has 0 aliphatic carbocycles. The fourth-order valence-electron chi connectivity index (χ4n) is 2.90. The smallest absolute Gasteiger partial charge is 0.339 e. The van der Waals surface area contributed by atoms with Gasteiger partial charge in [0.1, 0.15) is 6.10 Å². The summed E-state index contributed by atoms with van der Waals surface area (Å²) in [7, 11) is 0. The fourth-order valence-corrected chi connectivity index (χ4v) is 3.38. The molecule has 0 amide bonds. The molecule has 24 heavy (non-hydrogen) atoms. The lowest BCUT2D eigenvalue weighted by Gasteiger charge is -2.31. The quantitative estimate of drug-likeness (QED) is 0.729. The normalized spacial score (nSPS) is 16.1. The van der Waals surface area contributed by atoms with E-state index in [0.29, 0.717) is 15.6 Å².